The summed E-state index contributed by atoms with van der Waals surface area (Å²) in [6.07, 6.45) is 8.26. The minimum Gasteiger partial charge on any atom is -0.327 e. The average molecular weight is 226 g/mol. The van der Waals surface area contributed by atoms with Gasteiger partial charge in [-0.05, 0) is 24.8 Å². The van der Waals surface area contributed by atoms with Gasteiger partial charge in [0.25, 0.3) is 0 Å². The molecule has 3 heteroatoms. The third-order valence-corrected chi connectivity index (χ3v) is 3.39. The van der Waals surface area contributed by atoms with E-state index in [0.29, 0.717) is 0 Å². The zero-order valence-electron chi connectivity index (χ0n) is 9.54. The predicted molar refractivity (Wildman–Crippen MR) is 65.0 cm³/mol. The van der Waals surface area contributed by atoms with Crippen molar-refractivity contribution in [3.63, 3.8) is 0 Å². The molecule has 0 bridgehead atoms. The van der Waals surface area contributed by atoms with Gasteiger partial charge in [-0.3, -0.25) is 4.79 Å². The Kier molecular flexibility index (Phi) is 2.52. The maximum atomic E-state index is 12.5. The summed E-state index contributed by atoms with van der Waals surface area (Å²) in [5.74, 6) is 0.219. The van der Waals surface area contributed by atoms with E-state index in [1.165, 1.54) is 5.56 Å². The van der Waals surface area contributed by atoms with Crippen molar-refractivity contribution in [2.24, 2.45) is 0 Å². The third-order valence-electron chi connectivity index (χ3n) is 3.39. The molecule has 86 valence electrons. The van der Waals surface area contributed by atoms with Gasteiger partial charge in [-0.2, -0.15) is 0 Å². The fourth-order valence-corrected chi connectivity index (χ4v) is 2.51. The first-order valence-corrected chi connectivity index (χ1v) is 5.96. The van der Waals surface area contributed by atoms with Crippen molar-refractivity contribution in [3.8, 4) is 0 Å². The normalized spacial score (nSPS) is 19.8. The van der Waals surface area contributed by atoms with Crippen molar-refractivity contribution < 1.29 is 4.79 Å². The van der Waals surface area contributed by atoms with Crippen LogP contribution in [0.15, 0.2) is 43.0 Å². The lowest BCUT2D eigenvalue weighted by molar-refractivity contribution is 0.0921. The molecule has 0 aliphatic heterocycles. The van der Waals surface area contributed by atoms with E-state index < -0.39 is 0 Å². The van der Waals surface area contributed by atoms with E-state index in [9.17, 15) is 4.79 Å². The van der Waals surface area contributed by atoms with Crippen LogP contribution < -0.4 is 0 Å². The molecule has 0 fully saturated rings. The van der Waals surface area contributed by atoms with Gasteiger partial charge >= 0.3 is 0 Å². The minimum absolute atomic E-state index is 0.0823. The van der Waals surface area contributed by atoms with Crippen LogP contribution in [0.3, 0.4) is 0 Å². The van der Waals surface area contributed by atoms with E-state index in [1.54, 1.807) is 12.5 Å². The Morgan fingerprint density at radius 1 is 1.29 bits per heavy atom. The quantitative estimate of drug-likeness (QED) is 0.701. The number of hydrogen-bond acceptors (Lipinski definition) is 2. The maximum absolute atomic E-state index is 12.5. The summed E-state index contributed by atoms with van der Waals surface area (Å²) >= 11 is 0. The molecule has 3 rings (SSSR count). The first kappa shape index (κ1) is 10.3. The maximum Gasteiger partial charge on any atom is 0.185 e. The Morgan fingerprint density at radius 3 is 3.00 bits per heavy atom. The molecule has 0 spiro atoms. The fourth-order valence-electron chi connectivity index (χ4n) is 2.51. The van der Waals surface area contributed by atoms with Crippen LogP contribution in [-0.2, 0) is 6.42 Å². The molecular weight excluding hydrogens is 212 g/mol. The summed E-state index contributed by atoms with van der Waals surface area (Å²) in [7, 11) is 0. The van der Waals surface area contributed by atoms with Crippen molar-refractivity contribution in [3.05, 3.63) is 54.1 Å². The molecule has 1 aliphatic carbocycles. The van der Waals surface area contributed by atoms with E-state index in [2.05, 4.69) is 11.1 Å². The number of benzene rings is 1. The minimum atomic E-state index is -0.0823. The number of nitrogens with zero attached hydrogens (tertiary/aromatic N) is 2. The number of imidazole rings is 1. The van der Waals surface area contributed by atoms with Crippen LogP contribution in [0, 0.1) is 0 Å². The molecule has 3 nitrogen and oxygen atoms in total. The summed E-state index contributed by atoms with van der Waals surface area (Å²) in [4.78, 5) is 16.5. The molecule has 1 heterocycles. The first-order chi connectivity index (χ1) is 8.36. The zero-order chi connectivity index (χ0) is 11.7. The first-order valence-electron chi connectivity index (χ1n) is 5.96. The van der Waals surface area contributed by atoms with Gasteiger partial charge in [0.2, 0.25) is 0 Å². The summed E-state index contributed by atoms with van der Waals surface area (Å²) < 4.78 is 1.92. The second kappa shape index (κ2) is 4.17. The van der Waals surface area contributed by atoms with Crippen LogP contribution in [0.4, 0.5) is 0 Å². The molecule has 17 heavy (non-hydrogen) atoms. The van der Waals surface area contributed by atoms with Crippen molar-refractivity contribution >= 4 is 5.78 Å². The van der Waals surface area contributed by atoms with Gasteiger partial charge in [-0.15, -0.1) is 0 Å². The number of ketones is 1. The highest BCUT2D eigenvalue weighted by molar-refractivity contribution is 6.00. The highest BCUT2D eigenvalue weighted by Crippen LogP contribution is 2.27. The van der Waals surface area contributed by atoms with E-state index in [4.69, 9.17) is 0 Å². The lowest BCUT2D eigenvalue weighted by atomic mass is 10.0. The van der Waals surface area contributed by atoms with Gasteiger partial charge in [0, 0.05) is 18.0 Å². The molecule has 0 saturated carbocycles. The van der Waals surface area contributed by atoms with Crippen LogP contribution >= 0.6 is 0 Å². The van der Waals surface area contributed by atoms with Crippen LogP contribution in [0.1, 0.15) is 34.8 Å². The second-order valence-corrected chi connectivity index (χ2v) is 4.44. The van der Waals surface area contributed by atoms with Crippen molar-refractivity contribution in [2.45, 2.75) is 25.3 Å². The number of aryl methyl sites for hydroxylation is 1. The standard InChI is InChI=1S/C14H14N2O/c17-14-12-6-2-1-4-11(12)5-3-7-13(14)16-9-8-15-10-16/h1-2,4,6,8-10,13H,3,5,7H2. The van der Waals surface area contributed by atoms with Gasteiger partial charge in [-0.1, -0.05) is 24.3 Å². The summed E-state index contributed by atoms with van der Waals surface area (Å²) in [5, 5.41) is 0. The average Bonchev–Trinajstić information content (AvgIpc) is 2.83. The summed E-state index contributed by atoms with van der Waals surface area (Å²) in [6, 6.07) is 7.86. The molecule has 1 unspecified atom stereocenters. The number of Topliss-reactive ketones (excluding diaryl/α,β-unsaturated/α-hetero) is 1. The number of fused-ring (bicyclic) bond motifs is 1. The second-order valence-electron chi connectivity index (χ2n) is 4.44. The lowest BCUT2D eigenvalue weighted by Gasteiger charge is -2.14. The Hall–Kier alpha value is -1.90. The Morgan fingerprint density at radius 2 is 2.18 bits per heavy atom. The molecule has 1 aromatic carbocycles. The molecule has 0 saturated heterocycles. The van der Waals surface area contributed by atoms with Gasteiger partial charge in [0.05, 0.1) is 12.4 Å². The Bertz CT molecular complexity index is 531. The van der Waals surface area contributed by atoms with E-state index in [0.717, 1.165) is 24.8 Å². The molecular formula is C14H14N2O. The molecule has 1 atom stereocenters. The molecule has 1 aliphatic rings. The number of aromatic nitrogens is 2. The topological polar surface area (TPSA) is 34.9 Å². The van der Waals surface area contributed by atoms with E-state index in [-0.39, 0.29) is 11.8 Å². The van der Waals surface area contributed by atoms with Gasteiger partial charge in [0.15, 0.2) is 5.78 Å². The largest absolute Gasteiger partial charge is 0.327 e. The van der Waals surface area contributed by atoms with Crippen molar-refractivity contribution in [2.75, 3.05) is 0 Å². The van der Waals surface area contributed by atoms with Crippen molar-refractivity contribution in [1.82, 2.24) is 9.55 Å². The van der Waals surface area contributed by atoms with E-state index >= 15 is 0 Å². The highest BCUT2D eigenvalue weighted by Gasteiger charge is 2.25. The number of carbonyl (C=O) groups excluding carboxylic acids is 1. The van der Waals surface area contributed by atoms with E-state index in [1.807, 2.05) is 29.0 Å². The fraction of sp³-hybridized carbons (Fsp3) is 0.286. The Balaban J connectivity index is 2.03. The SMILES string of the molecule is O=C1c2ccccc2CCCC1n1ccnc1. The van der Waals surface area contributed by atoms with Crippen LogP contribution in [0.2, 0.25) is 0 Å². The van der Waals surface area contributed by atoms with Crippen LogP contribution in [-0.4, -0.2) is 15.3 Å². The number of carbonyl (C=O) groups is 1. The Labute approximate surface area is 100 Å². The van der Waals surface area contributed by atoms with Crippen LogP contribution in [0.25, 0.3) is 0 Å². The molecule has 0 amide bonds. The van der Waals surface area contributed by atoms with Crippen molar-refractivity contribution in [1.29, 1.82) is 0 Å². The van der Waals surface area contributed by atoms with Crippen LogP contribution in [0.5, 0.6) is 0 Å². The van der Waals surface area contributed by atoms with Gasteiger partial charge < -0.3 is 4.57 Å². The number of rotatable bonds is 1. The molecule has 0 N–H and O–H groups in total. The lowest BCUT2D eigenvalue weighted by Crippen LogP contribution is -2.17. The predicted octanol–water partition coefficient (Wildman–Crippen LogP) is 2.64. The monoisotopic (exact) mass is 226 g/mol. The molecule has 1 aromatic heterocycles. The zero-order valence-corrected chi connectivity index (χ0v) is 9.54. The smallest absolute Gasteiger partial charge is 0.185 e. The highest BCUT2D eigenvalue weighted by atomic mass is 16.1. The molecule has 0 radical (unpaired) electrons. The van der Waals surface area contributed by atoms with Gasteiger partial charge in [0.1, 0.15) is 0 Å². The van der Waals surface area contributed by atoms with Gasteiger partial charge in [-0.25, -0.2) is 4.98 Å². The molecule has 2 aromatic rings. The number of hydrogen-bond donors (Lipinski definition) is 0. The summed E-state index contributed by atoms with van der Waals surface area (Å²) in [5.41, 5.74) is 2.06. The third kappa shape index (κ3) is 1.78. The summed E-state index contributed by atoms with van der Waals surface area (Å²) in [6.45, 7) is 0.